The maximum absolute atomic E-state index is 11.4. The average Bonchev–Trinajstić information content (AvgIpc) is 2.40. The Morgan fingerprint density at radius 3 is 1.37 bits per heavy atom. The molecule has 1 fully saturated rings. The fourth-order valence-electron chi connectivity index (χ4n) is 2.14. The van der Waals surface area contributed by atoms with Gasteiger partial charge in [-0.3, -0.25) is 9.59 Å². The normalized spacial score (nSPS) is 22.1. The van der Waals surface area contributed by atoms with Crippen LogP contribution in [0.5, 0.6) is 0 Å². The summed E-state index contributed by atoms with van der Waals surface area (Å²) < 4.78 is 10.3. The summed E-state index contributed by atoms with van der Waals surface area (Å²) in [7, 11) is 0. The Kier molecular flexibility index (Phi) is 9.11. The van der Waals surface area contributed by atoms with Crippen molar-refractivity contribution in [2.75, 3.05) is 13.2 Å². The Bertz CT molecular complexity index is 237. The largest absolute Gasteiger partial charge is 0.466 e. The third-order valence-corrected chi connectivity index (χ3v) is 3.33. The quantitative estimate of drug-likeness (QED) is 0.633. The van der Waals surface area contributed by atoms with E-state index in [4.69, 9.17) is 9.47 Å². The summed E-state index contributed by atoms with van der Waals surface area (Å²) in [6.45, 7) is 0.986. The Labute approximate surface area is 115 Å². The van der Waals surface area contributed by atoms with E-state index in [2.05, 4.69) is 0 Å². The summed E-state index contributed by atoms with van der Waals surface area (Å²) in [6.07, 6.45) is 9.95. The van der Waals surface area contributed by atoms with E-state index in [0.29, 0.717) is 26.1 Å². The van der Waals surface area contributed by atoms with Gasteiger partial charge in [0.15, 0.2) is 0 Å². The van der Waals surface area contributed by atoms with Gasteiger partial charge in [0.1, 0.15) is 0 Å². The first-order chi connectivity index (χ1) is 9.29. The van der Waals surface area contributed by atoms with E-state index in [-0.39, 0.29) is 11.9 Å². The second-order valence-electron chi connectivity index (χ2n) is 5.12. The fraction of sp³-hybridized carbons (Fsp3) is 0.867. The Morgan fingerprint density at radius 2 is 0.895 bits per heavy atom. The van der Waals surface area contributed by atoms with E-state index in [9.17, 15) is 9.59 Å². The van der Waals surface area contributed by atoms with Crippen molar-refractivity contribution in [2.45, 2.75) is 70.6 Å². The number of carbonyl (C=O) groups is 2. The molecule has 1 heterocycles. The summed E-state index contributed by atoms with van der Waals surface area (Å²) in [5.74, 6) is -0.147. The number of ether oxygens (including phenoxy) is 2. The Morgan fingerprint density at radius 1 is 0.526 bits per heavy atom. The second kappa shape index (κ2) is 10.8. The van der Waals surface area contributed by atoms with Crippen LogP contribution in [0.2, 0.25) is 0 Å². The number of hydrogen-bond donors (Lipinski definition) is 0. The van der Waals surface area contributed by atoms with Crippen molar-refractivity contribution in [1.29, 1.82) is 0 Å². The molecule has 1 saturated heterocycles. The number of carbonyl (C=O) groups excluding carboxylic acids is 2. The molecule has 0 amide bonds. The molecule has 4 heteroatoms. The van der Waals surface area contributed by atoms with Gasteiger partial charge >= 0.3 is 11.9 Å². The van der Waals surface area contributed by atoms with Crippen LogP contribution in [-0.4, -0.2) is 25.2 Å². The summed E-state index contributed by atoms with van der Waals surface area (Å²) in [5, 5.41) is 0. The number of cyclic esters (lactones) is 2. The zero-order valence-electron chi connectivity index (χ0n) is 11.8. The molecule has 0 aromatic heterocycles. The molecule has 0 bridgehead atoms. The molecular formula is C15H26O4. The van der Waals surface area contributed by atoms with Crippen LogP contribution in [0, 0.1) is 0 Å². The molecule has 0 aromatic carbocycles. The maximum Gasteiger partial charge on any atom is 0.305 e. The van der Waals surface area contributed by atoms with E-state index < -0.39 is 0 Å². The molecule has 1 aliphatic rings. The van der Waals surface area contributed by atoms with E-state index >= 15 is 0 Å². The van der Waals surface area contributed by atoms with Crippen molar-refractivity contribution in [2.24, 2.45) is 0 Å². The summed E-state index contributed by atoms with van der Waals surface area (Å²) in [5.41, 5.74) is 0. The van der Waals surface area contributed by atoms with Gasteiger partial charge in [-0.15, -0.1) is 0 Å². The third kappa shape index (κ3) is 9.51. The van der Waals surface area contributed by atoms with E-state index in [0.717, 1.165) is 57.8 Å². The topological polar surface area (TPSA) is 52.6 Å². The maximum atomic E-state index is 11.4. The van der Waals surface area contributed by atoms with Crippen molar-refractivity contribution < 1.29 is 19.1 Å². The Hall–Kier alpha value is -1.06. The van der Waals surface area contributed by atoms with Crippen molar-refractivity contribution in [3.05, 3.63) is 0 Å². The predicted octanol–water partition coefficient (Wildman–Crippen LogP) is 3.38. The average molecular weight is 270 g/mol. The van der Waals surface area contributed by atoms with Crippen LogP contribution >= 0.6 is 0 Å². The van der Waals surface area contributed by atoms with E-state index in [1.165, 1.54) is 0 Å². The first kappa shape index (κ1) is 16.0. The highest BCUT2D eigenvalue weighted by Gasteiger charge is 2.05. The Balaban J connectivity index is 2.21. The van der Waals surface area contributed by atoms with Crippen molar-refractivity contribution in [3.8, 4) is 0 Å². The standard InChI is InChI=1S/C15H26O4/c16-14-10-6-3-1-2-4-7-11-15(17)19-13-9-5-8-12-18-14/h1-13H2. The van der Waals surface area contributed by atoms with Crippen LogP contribution < -0.4 is 0 Å². The lowest BCUT2D eigenvalue weighted by atomic mass is 10.1. The number of hydrogen-bond acceptors (Lipinski definition) is 4. The van der Waals surface area contributed by atoms with E-state index in [1.54, 1.807) is 0 Å². The molecule has 110 valence electrons. The van der Waals surface area contributed by atoms with Crippen LogP contribution in [0.1, 0.15) is 70.6 Å². The first-order valence-corrected chi connectivity index (χ1v) is 7.60. The molecule has 0 spiro atoms. The number of rotatable bonds is 0. The molecule has 0 aliphatic carbocycles. The zero-order chi connectivity index (χ0) is 13.8. The lowest BCUT2D eigenvalue weighted by Gasteiger charge is -2.05. The van der Waals surface area contributed by atoms with Crippen LogP contribution in [-0.2, 0) is 19.1 Å². The molecule has 0 atom stereocenters. The molecule has 0 aromatic rings. The lowest BCUT2D eigenvalue weighted by molar-refractivity contribution is -0.144. The van der Waals surface area contributed by atoms with E-state index in [1.807, 2.05) is 0 Å². The molecule has 0 N–H and O–H groups in total. The summed E-state index contributed by atoms with van der Waals surface area (Å²) >= 11 is 0. The number of esters is 2. The van der Waals surface area contributed by atoms with Gasteiger partial charge in [0, 0.05) is 12.8 Å². The van der Waals surface area contributed by atoms with Gasteiger partial charge in [0.25, 0.3) is 0 Å². The van der Waals surface area contributed by atoms with Gasteiger partial charge < -0.3 is 9.47 Å². The molecule has 0 saturated carbocycles. The summed E-state index contributed by atoms with van der Waals surface area (Å²) in [4.78, 5) is 22.8. The van der Waals surface area contributed by atoms with Crippen molar-refractivity contribution in [1.82, 2.24) is 0 Å². The first-order valence-electron chi connectivity index (χ1n) is 7.60. The van der Waals surface area contributed by atoms with Crippen LogP contribution in [0.15, 0.2) is 0 Å². The fourth-order valence-corrected chi connectivity index (χ4v) is 2.14. The molecule has 0 radical (unpaired) electrons. The van der Waals surface area contributed by atoms with Gasteiger partial charge in [-0.1, -0.05) is 25.7 Å². The molecular weight excluding hydrogens is 244 g/mol. The molecule has 1 aliphatic heterocycles. The van der Waals surface area contributed by atoms with Gasteiger partial charge in [-0.25, -0.2) is 0 Å². The second-order valence-corrected chi connectivity index (χ2v) is 5.12. The molecule has 0 unspecified atom stereocenters. The van der Waals surface area contributed by atoms with Crippen molar-refractivity contribution in [3.63, 3.8) is 0 Å². The molecule has 19 heavy (non-hydrogen) atoms. The minimum absolute atomic E-state index is 0.0734. The highest BCUT2D eigenvalue weighted by molar-refractivity contribution is 5.69. The van der Waals surface area contributed by atoms with Gasteiger partial charge in [0.05, 0.1) is 13.2 Å². The van der Waals surface area contributed by atoms with Crippen molar-refractivity contribution >= 4 is 11.9 Å². The monoisotopic (exact) mass is 270 g/mol. The minimum Gasteiger partial charge on any atom is -0.466 e. The lowest BCUT2D eigenvalue weighted by Crippen LogP contribution is -2.07. The van der Waals surface area contributed by atoms with Gasteiger partial charge in [-0.2, -0.15) is 0 Å². The molecule has 4 nitrogen and oxygen atoms in total. The minimum atomic E-state index is -0.0734. The van der Waals surface area contributed by atoms with Gasteiger partial charge in [-0.05, 0) is 32.1 Å². The highest BCUT2D eigenvalue weighted by atomic mass is 16.5. The highest BCUT2D eigenvalue weighted by Crippen LogP contribution is 2.10. The smallest absolute Gasteiger partial charge is 0.305 e. The SMILES string of the molecule is O=C1CCCCCCCCC(=O)OCCCCCO1. The molecule has 1 rings (SSSR count). The van der Waals surface area contributed by atoms with Gasteiger partial charge in [0.2, 0.25) is 0 Å². The van der Waals surface area contributed by atoms with Crippen LogP contribution in [0.3, 0.4) is 0 Å². The summed E-state index contributed by atoms with van der Waals surface area (Å²) in [6, 6.07) is 0. The predicted molar refractivity (Wildman–Crippen MR) is 72.7 cm³/mol. The van der Waals surface area contributed by atoms with Crippen LogP contribution in [0.25, 0.3) is 0 Å². The third-order valence-electron chi connectivity index (χ3n) is 3.33. The van der Waals surface area contributed by atoms with Crippen LogP contribution in [0.4, 0.5) is 0 Å². The zero-order valence-corrected chi connectivity index (χ0v) is 11.8.